The Morgan fingerprint density at radius 3 is 2.25 bits per heavy atom. The van der Waals surface area contributed by atoms with E-state index in [9.17, 15) is 0 Å². The lowest BCUT2D eigenvalue weighted by molar-refractivity contribution is 0.158. The maximum atomic E-state index is 3.55. The molecule has 1 fully saturated rings. The van der Waals surface area contributed by atoms with Crippen LogP contribution in [0.5, 0.6) is 0 Å². The van der Waals surface area contributed by atoms with Crippen molar-refractivity contribution in [2.24, 2.45) is 5.92 Å². The zero-order chi connectivity index (χ0) is 12.1. The Balaban J connectivity index is 2.41. The Labute approximate surface area is 102 Å². The van der Waals surface area contributed by atoms with Crippen molar-refractivity contribution in [3.8, 4) is 0 Å². The zero-order valence-corrected chi connectivity index (χ0v) is 11.8. The first-order chi connectivity index (χ1) is 7.56. The smallest absolute Gasteiger partial charge is 0.0221 e. The van der Waals surface area contributed by atoms with Crippen molar-refractivity contribution in [2.75, 3.05) is 13.1 Å². The van der Waals surface area contributed by atoms with Crippen molar-refractivity contribution >= 4 is 0 Å². The van der Waals surface area contributed by atoms with Crippen molar-refractivity contribution in [2.45, 2.75) is 72.0 Å². The number of nitrogens with zero attached hydrogens (tertiary/aromatic N) is 1. The van der Waals surface area contributed by atoms with Gasteiger partial charge in [0.1, 0.15) is 0 Å². The molecule has 0 bridgehead atoms. The molecule has 2 unspecified atom stereocenters. The molecule has 1 aliphatic rings. The van der Waals surface area contributed by atoms with Gasteiger partial charge in [-0.25, -0.2) is 0 Å². The topological polar surface area (TPSA) is 15.3 Å². The summed E-state index contributed by atoms with van der Waals surface area (Å²) in [5.74, 6) is 0.822. The minimum Gasteiger partial charge on any atom is -0.313 e. The second kappa shape index (κ2) is 6.61. The van der Waals surface area contributed by atoms with Crippen molar-refractivity contribution in [3.63, 3.8) is 0 Å². The van der Waals surface area contributed by atoms with Crippen LogP contribution in [0, 0.1) is 5.92 Å². The van der Waals surface area contributed by atoms with Crippen LogP contribution in [-0.4, -0.2) is 36.1 Å². The average molecular weight is 226 g/mol. The predicted molar refractivity (Wildman–Crippen MR) is 71.8 cm³/mol. The van der Waals surface area contributed by atoms with Gasteiger partial charge in [-0.05, 0) is 52.1 Å². The van der Waals surface area contributed by atoms with Crippen LogP contribution in [0.4, 0.5) is 0 Å². The van der Waals surface area contributed by atoms with E-state index in [4.69, 9.17) is 0 Å². The van der Waals surface area contributed by atoms with Gasteiger partial charge in [0, 0.05) is 18.1 Å². The molecule has 1 rings (SSSR count). The fourth-order valence-corrected chi connectivity index (χ4v) is 2.31. The van der Waals surface area contributed by atoms with E-state index in [2.05, 4.69) is 44.8 Å². The highest BCUT2D eigenvalue weighted by atomic mass is 15.2. The Kier molecular flexibility index (Phi) is 5.77. The number of hydrogen-bond acceptors (Lipinski definition) is 2. The second-order valence-electron chi connectivity index (χ2n) is 5.74. The Hall–Kier alpha value is -0.0800. The fraction of sp³-hybridized carbons (Fsp3) is 1.00. The van der Waals surface area contributed by atoms with Crippen LogP contribution in [0.25, 0.3) is 0 Å². The van der Waals surface area contributed by atoms with E-state index in [1.54, 1.807) is 0 Å². The highest BCUT2D eigenvalue weighted by molar-refractivity contribution is 4.90. The largest absolute Gasteiger partial charge is 0.313 e. The first-order valence-electron chi connectivity index (χ1n) is 7.05. The van der Waals surface area contributed by atoms with Gasteiger partial charge in [0.05, 0.1) is 0 Å². The summed E-state index contributed by atoms with van der Waals surface area (Å²) in [6.07, 6.45) is 4.17. The first kappa shape index (κ1) is 14.0. The predicted octanol–water partition coefficient (Wildman–Crippen LogP) is 2.88. The minimum atomic E-state index is 0.609. The van der Waals surface area contributed by atoms with Crippen LogP contribution in [0.1, 0.15) is 53.9 Å². The summed E-state index contributed by atoms with van der Waals surface area (Å²) < 4.78 is 0. The van der Waals surface area contributed by atoms with E-state index >= 15 is 0 Å². The van der Waals surface area contributed by atoms with Crippen LogP contribution in [0.3, 0.4) is 0 Å². The van der Waals surface area contributed by atoms with Gasteiger partial charge in [0.15, 0.2) is 0 Å². The lowest BCUT2D eigenvalue weighted by atomic mass is 10.1. The summed E-state index contributed by atoms with van der Waals surface area (Å²) in [5, 5.41) is 3.55. The highest BCUT2D eigenvalue weighted by Gasteiger charge is 2.33. The Bertz CT molecular complexity index is 187. The zero-order valence-electron chi connectivity index (χ0n) is 11.8. The summed E-state index contributed by atoms with van der Waals surface area (Å²) in [6, 6.07) is 2.17. The molecule has 0 amide bonds. The van der Waals surface area contributed by atoms with Crippen LogP contribution in [-0.2, 0) is 0 Å². The Morgan fingerprint density at radius 1 is 1.19 bits per heavy atom. The van der Waals surface area contributed by atoms with E-state index in [1.807, 2.05) is 0 Å². The van der Waals surface area contributed by atoms with Crippen molar-refractivity contribution in [3.05, 3.63) is 0 Å². The third kappa shape index (κ3) is 4.42. The molecule has 0 aliphatic heterocycles. The monoisotopic (exact) mass is 226 g/mol. The van der Waals surface area contributed by atoms with Crippen LogP contribution >= 0.6 is 0 Å². The van der Waals surface area contributed by atoms with Gasteiger partial charge < -0.3 is 5.32 Å². The normalized spacial score (nSPS) is 20.4. The average Bonchev–Trinajstić information content (AvgIpc) is 3.01. The molecule has 1 N–H and O–H groups in total. The molecule has 0 heterocycles. The first-order valence-corrected chi connectivity index (χ1v) is 7.05. The maximum Gasteiger partial charge on any atom is 0.0221 e. The van der Waals surface area contributed by atoms with Gasteiger partial charge in [-0.3, -0.25) is 4.90 Å². The second-order valence-corrected chi connectivity index (χ2v) is 5.74. The van der Waals surface area contributed by atoms with Gasteiger partial charge in [-0.2, -0.15) is 0 Å². The molecule has 0 radical (unpaired) electrons. The number of hydrogen-bond donors (Lipinski definition) is 1. The molecule has 0 aromatic heterocycles. The summed E-state index contributed by atoms with van der Waals surface area (Å²) in [7, 11) is 0. The summed E-state index contributed by atoms with van der Waals surface area (Å²) >= 11 is 0. The van der Waals surface area contributed by atoms with E-state index in [0.29, 0.717) is 12.1 Å². The lowest BCUT2D eigenvalue weighted by Crippen LogP contribution is -2.48. The number of nitrogens with one attached hydrogen (secondary N) is 1. The molecule has 0 aromatic rings. The third-order valence-electron chi connectivity index (χ3n) is 3.75. The number of rotatable bonds is 8. The van der Waals surface area contributed by atoms with Crippen LogP contribution < -0.4 is 5.32 Å². The van der Waals surface area contributed by atoms with E-state index in [1.165, 1.54) is 25.8 Å². The molecule has 0 aromatic carbocycles. The van der Waals surface area contributed by atoms with Crippen molar-refractivity contribution in [1.29, 1.82) is 0 Å². The van der Waals surface area contributed by atoms with Gasteiger partial charge in [0.25, 0.3) is 0 Å². The van der Waals surface area contributed by atoms with Gasteiger partial charge in [-0.1, -0.05) is 20.8 Å². The third-order valence-corrected chi connectivity index (χ3v) is 3.75. The SMILES string of the molecule is CCNC(C)C(C)N(CCC(C)C)C1CC1. The van der Waals surface area contributed by atoms with Crippen molar-refractivity contribution < 1.29 is 0 Å². The summed E-state index contributed by atoms with van der Waals surface area (Å²) in [4.78, 5) is 2.73. The maximum absolute atomic E-state index is 3.55. The summed E-state index contributed by atoms with van der Waals surface area (Å²) in [5.41, 5.74) is 0. The van der Waals surface area contributed by atoms with Gasteiger partial charge in [-0.15, -0.1) is 0 Å². The molecule has 0 saturated heterocycles. The molecule has 96 valence electrons. The van der Waals surface area contributed by atoms with E-state index in [0.717, 1.165) is 18.5 Å². The molecular formula is C14H30N2. The molecule has 2 heteroatoms. The van der Waals surface area contributed by atoms with E-state index in [-0.39, 0.29) is 0 Å². The molecule has 1 saturated carbocycles. The quantitative estimate of drug-likeness (QED) is 0.684. The molecule has 2 nitrogen and oxygen atoms in total. The Morgan fingerprint density at radius 2 is 1.81 bits per heavy atom. The highest BCUT2D eigenvalue weighted by Crippen LogP contribution is 2.30. The van der Waals surface area contributed by atoms with Crippen LogP contribution in [0.2, 0.25) is 0 Å². The number of likely N-dealkylation sites (N-methyl/N-ethyl adjacent to an activating group) is 1. The van der Waals surface area contributed by atoms with E-state index < -0.39 is 0 Å². The van der Waals surface area contributed by atoms with Gasteiger partial charge in [0.2, 0.25) is 0 Å². The fourth-order valence-electron chi connectivity index (χ4n) is 2.31. The molecule has 2 atom stereocenters. The molecular weight excluding hydrogens is 196 g/mol. The molecule has 0 spiro atoms. The minimum absolute atomic E-state index is 0.609. The van der Waals surface area contributed by atoms with Crippen LogP contribution in [0.15, 0.2) is 0 Å². The lowest BCUT2D eigenvalue weighted by Gasteiger charge is -2.34. The standard InChI is InChI=1S/C14H30N2/c1-6-15-12(4)13(5)16(14-7-8-14)10-9-11(2)3/h11-15H,6-10H2,1-5H3. The molecule has 1 aliphatic carbocycles. The van der Waals surface area contributed by atoms with Crippen molar-refractivity contribution in [1.82, 2.24) is 10.2 Å². The molecule has 16 heavy (non-hydrogen) atoms. The van der Waals surface area contributed by atoms with Gasteiger partial charge >= 0.3 is 0 Å². The summed E-state index contributed by atoms with van der Waals surface area (Å²) in [6.45, 7) is 13.9.